The molecule has 2 aromatic rings. The molecule has 2 rings (SSSR count). The van der Waals surface area contributed by atoms with Gasteiger partial charge in [0.2, 0.25) is 0 Å². The van der Waals surface area contributed by atoms with Gasteiger partial charge in [-0.15, -0.1) is 0 Å². The fourth-order valence-corrected chi connectivity index (χ4v) is 3.23. The zero-order chi connectivity index (χ0) is 14.2. The summed E-state index contributed by atoms with van der Waals surface area (Å²) in [6.07, 6.45) is 2.85. The molecule has 0 aliphatic heterocycles. The minimum Gasteiger partial charge on any atom is -0.398 e. The molecule has 0 saturated carbocycles. The van der Waals surface area contributed by atoms with Gasteiger partial charge in [-0.3, -0.25) is 4.72 Å². The Labute approximate surface area is 119 Å². The fourth-order valence-electron chi connectivity index (χ4n) is 1.49. The number of aryl methyl sites for hydroxylation is 2. The molecule has 0 atom stereocenters. The number of imidazole rings is 1. The van der Waals surface area contributed by atoms with E-state index in [0.29, 0.717) is 15.8 Å². The molecule has 102 valence electrons. The maximum atomic E-state index is 12.1. The van der Waals surface area contributed by atoms with Crippen LogP contribution in [0.15, 0.2) is 34.2 Å². The van der Waals surface area contributed by atoms with Crippen LogP contribution in [0.2, 0.25) is 0 Å². The summed E-state index contributed by atoms with van der Waals surface area (Å²) >= 11 is 3.30. The van der Waals surface area contributed by atoms with Crippen molar-refractivity contribution in [2.75, 3.05) is 10.5 Å². The predicted molar refractivity (Wildman–Crippen MR) is 77.3 cm³/mol. The second-order valence-electron chi connectivity index (χ2n) is 4.17. The highest BCUT2D eigenvalue weighted by molar-refractivity contribution is 9.10. The van der Waals surface area contributed by atoms with Gasteiger partial charge in [0.15, 0.2) is 5.03 Å². The molecule has 0 saturated heterocycles. The van der Waals surface area contributed by atoms with Crippen molar-refractivity contribution in [2.24, 2.45) is 7.05 Å². The van der Waals surface area contributed by atoms with Crippen LogP contribution >= 0.6 is 15.9 Å². The Hall–Kier alpha value is -1.54. The summed E-state index contributed by atoms with van der Waals surface area (Å²) in [7, 11) is -2.01. The van der Waals surface area contributed by atoms with Crippen LogP contribution in [0.5, 0.6) is 0 Å². The van der Waals surface area contributed by atoms with Gasteiger partial charge in [0, 0.05) is 23.4 Å². The second kappa shape index (κ2) is 4.86. The molecular weight excluding hydrogens is 332 g/mol. The lowest BCUT2D eigenvalue weighted by Gasteiger charge is -2.10. The summed E-state index contributed by atoms with van der Waals surface area (Å²) in [5.74, 6) is 0. The lowest BCUT2D eigenvalue weighted by molar-refractivity contribution is 0.598. The van der Waals surface area contributed by atoms with Crippen LogP contribution in [-0.4, -0.2) is 18.0 Å². The van der Waals surface area contributed by atoms with Crippen molar-refractivity contribution in [3.8, 4) is 0 Å². The molecule has 1 heterocycles. The lowest BCUT2D eigenvalue weighted by Crippen LogP contribution is -2.14. The number of nitrogens with two attached hydrogens (primary N) is 1. The van der Waals surface area contributed by atoms with E-state index < -0.39 is 10.0 Å². The summed E-state index contributed by atoms with van der Waals surface area (Å²) < 4.78 is 28.9. The number of nitrogens with zero attached hydrogens (tertiary/aromatic N) is 2. The number of benzene rings is 1. The third-order valence-electron chi connectivity index (χ3n) is 2.56. The maximum Gasteiger partial charge on any atom is 0.280 e. The summed E-state index contributed by atoms with van der Waals surface area (Å²) in [6.45, 7) is 1.84. The number of rotatable bonds is 3. The molecule has 0 aliphatic rings. The van der Waals surface area contributed by atoms with Gasteiger partial charge in [-0.05, 0) is 40.5 Å². The zero-order valence-electron chi connectivity index (χ0n) is 10.4. The zero-order valence-corrected chi connectivity index (χ0v) is 12.8. The van der Waals surface area contributed by atoms with Crippen LogP contribution in [0.4, 0.5) is 11.4 Å². The largest absolute Gasteiger partial charge is 0.398 e. The quantitative estimate of drug-likeness (QED) is 0.831. The molecule has 0 radical (unpaired) electrons. The smallest absolute Gasteiger partial charge is 0.280 e. The van der Waals surface area contributed by atoms with E-state index in [0.717, 1.165) is 5.56 Å². The predicted octanol–water partition coefficient (Wildman–Crippen LogP) is 1.87. The van der Waals surface area contributed by atoms with E-state index in [1.807, 2.05) is 6.92 Å². The van der Waals surface area contributed by atoms with Gasteiger partial charge in [0.05, 0.1) is 12.0 Å². The number of sulfonamides is 1. The van der Waals surface area contributed by atoms with E-state index in [9.17, 15) is 8.42 Å². The molecule has 1 aromatic heterocycles. The third kappa shape index (κ3) is 2.90. The van der Waals surface area contributed by atoms with E-state index in [1.54, 1.807) is 23.7 Å². The van der Waals surface area contributed by atoms with Crippen molar-refractivity contribution in [1.82, 2.24) is 9.55 Å². The first-order chi connectivity index (χ1) is 8.79. The Morgan fingerprint density at radius 1 is 1.42 bits per heavy atom. The van der Waals surface area contributed by atoms with Crippen molar-refractivity contribution in [2.45, 2.75) is 11.9 Å². The van der Waals surface area contributed by atoms with E-state index in [1.165, 1.54) is 12.5 Å². The molecule has 6 nitrogen and oxygen atoms in total. The highest BCUT2D eigenvalue weighted by atomic mass is 79.9. The van der Waals surface area contributed by atoms with Crippen LogP contribution < -0.4 is 10.5 Å². The molecule has 0 bridgehead atoms. The standard InChI is InChI=1S/C11H13BrN4O2S/c1-7-3-8(12)10(4-9(7)13)15-19(17,18)11-5-16(2)6-14-11/h3-6,15H,13H2,1-2H3. The molecule has 1 aromatic carbocycles. The molecule has 19 heavy (non-hydrogen) atoms. The number of anilines is 2. The average molecular weight is 345 g/mol. The number of nitrogen functional groups attached to an aromatic ring is 1. The van der Waals surface area contributed by atoms with Gasteiger partial charge in [-0.1, -0.05) is 0 Å². The first-order valence-corrected chi connectivity index (χ1v) is 7.63. The minimum absolute atomic E-state index is 0.0407. The Morgan fingerprint density at radius 3 is 2.68 bits per heavy atom. The second-order valence-corrected chi connectivity index (χ2v) is 6.66. The topological polar surface area (TPSA) is 90.0 Å². The first-order valence-electron chi connectivity index (χ1n) is 5.36. The molecule has 0 amide bonds. The van der Waals surface area contributed by atoms with E-state index in [4.69, 9.17) is 5.73 Å². The van der Waals surface area contributed by atoms with Gasteiger partial charge >= 0.3 is 0 Å². The molecule has 0 fully saturated rings. The first kappa shape index (κ1) is 13.9. The maximum absolute atomic E-state index is 12.1. The van der Waals surface area contributed by atoms with Gasteiger partial charge in [-0.2, -0.15) is 8.42 Å². The van der Waals surface area contributed by atoms with Crippen LogP contribution in [0.3, 0.4) is 0 Å². The minimum atomic E-state index is -3.71. The number of hydrogen-bond donors (Lipinski definition) is 2. The Bertz CT molecular complexity index is 724. The van der Waals surface area contributed by atoms with Crippen molar-refractivity contribution in [3.63, 3.8) is 0 Å². The summed E-state index contributed by atoms with van der Waals surface area (Å²) in [4.78, 5) is 3.82. The molecule has 3 N–H and O–H groups in total. The van der Waals surface area contributed by atoms with Gasteiger partial charge < -0.3 is 10.3 Å². The number of hydrogen-bond acceptors (Lipinski definition) is 4. The van der Waals surface area contributed by atoms with Crippen molar-refractivity contribution < 1.29 is 8.42 Å². The normalized spacial score (nSPS) is 11.5. The van der Waals surface area contributed by atoms with Crippen LogP contribution in [-0.2, 0) is 17.1 Å². The number of halogens is 1. The van der Waals surface area contributed by atoms with Crippen LogP contribution in [0.1, 0.15) is 5.56 Å². The monoisotopic (exact) mass is 344 g/mol. The van der Waals surface area contributed by atoms with Crippen LogP contribution in [0, 0.1) is 6.92 Å². The van der Waals surface area contributed by atoms with E-state index in [2.05, 4.69) is 25.6 Å². The Morgan fingerprint density at radius 2 is 2.11 bits per heavy atom. The highest BCUT2D eigenvalue weighted by Crippen LogP contribution is 2.29. The molecule has 8 heteroatoms. The van der Waals surface area contributed by atoms with Gasteiger partial charge in [0.1, 0.15) is 0 Å². The Balaban J connectivity index is 2.38. The summed E-state index contributed by atoms with van der Waals surface area (Å²) in [5, 5.41) is -0.0407. The van der Waals surface area contributed by atoms with E-state index >= 15 is 0 Å². The molecular formula is C11H13BrN4O2S. The third-order valence-corrected chi connectivity index (χ3v) is 4.46. The average Bonchev–Trinajstić information content (AvgIpc) is 2.73. The highest BCUT2D eigenvalue weighted by Gasteiger charge is 2.18. The van der Waals surface area contributed by atoms with Gasteiger partial charge in [-0.25, -0.2) is 4.98 Å². The lowest BCUT2D eigenvalue weighted by atomic mass is 10.2. The number of aromatic nitrogens is 2. The molecule has 0 aliphatic carbocycles. The summed E-state index contributed by atoms with van der Waals surface area (Å²) in [6, 6.07) is 3.32. The van der Waals surface area contributed by atoms with Crippen molar-refractivity contribution in [1.29, 1.82) is 0 Å². The Kier molecular flexibility index (Phi) is 3.55. The molecule has 0 unspecified atom stereocenters. The van der Waals surface area contributed by atoms with Crippen molar-refractivity contribution in [3.05, 3.63) is 34.7 Å². The summed E-state index contributed by atoms with van der Waals surface area (Å²) in [5.41, 5.74) is 7.54. The number of nitrogens with one attached hydrogen (secondary N) is 1. The molecule has 0 spiro atoms. The van der Waals surface area contributed by atoms with Gasteiger partial charge in [0.25, 0.3) is 10.0 Å². The van der Waals surface area contributed by atoms with E-state index in [-0.39, 0.29) is 5.03 Å². The fraction of sp³-hybridized carbons (Fsp3) is 0.182. The van der Waals surface area contributed by atoms with Crippen molar-refractivity contribution >= 4 is 37.3 Å². The SMILES string of the molecule is Cc1cc(Br)c(NS(=O)(=O)c2cn(C)cn2)cc1N. The van der Waals surface area contributed by atoms with Crippen LogP contribution in [0.25, 0.3) is 0 Å².